The van der Waals surface area contributed by atoms with Gasteiger partial charge in [-0.15, -0.1) is 0 Å². The molecule has 33 heavy (non-hydrogen) atoms. The largest absolute Gasteiger partial charge is 0.416 e. The zero-order valence-electron chi connectivity index (χ0n) is 17.4. The van der Waals surface area contributed by atoms with E-state index >= 15 is 0 Å². The highest BCUT2D eigenvalue weighted by Gasteiger charge is 2.30. The molecule has 5 nitrogen and oxygen atoms in total. The minimum atomic E-state index is -4.45. The fraction of sp³-hybridized carbons (Fsp3) is 0.167. The number of urea groups is 1. The average Bonchev–Trinajstić information content (AvgIpc) is 2.77. The summed E-state index contributed by atoms with van der Waals surface area (Å²) in [4.78, 5) is 26.7. The summed E-state index contributed by atoms with van der Waals surface area (Å²) >= 11 is 5.97. The molecular weight excluding hydrogens is 455 g/mol. The zero-order valence-corrected chi connectivity index (χ0v) is 18.2. The van der Waals surface area contributed by atoms with Gasteiger partial charge in [-0.1, -0.05) is 48.0 Å². The molecule has 0 unspecified atom stereocenters. The molecule has 2 N–H and O–H groups in total. The second-order valence-corrected chi connectivity index (χ2v) is 7.66. The summed E-state index contributed by atoms with van der Waals surface area (Å²) in [5.74, 6) is -0.427. The zero-order chi connectivity index (χ0) is 23.8. The van der Waals surface area contributed by atoms with Crippen LogP contribution in [0, 0.1) is 0 Å². The number of hydrogen-bond donors (Lipinski definition) is 2. The van der Waals surface area contributed by atoms with E-state index in [1.165, 1.54) is 17.0 Å². The molecule has 3 aromatic carbocycles. The van der Waals surface area contributed by atoms with Crippen LogP contribution in [-0.4, -0.2) is 23.4 Å². The number of carbonyl (C=O) groups is 2. The SMILES string of the molecule is O=C(CCN(Cc1ccccc1)C(=O)Nc1cccc(Cl)c1)Nc1ccc(C(F)(F)F)cc1. The molecule has 0 heterocycles. The highest BCUT2D eigenvalue weighted by molar-refractivity contribution is 6.30. The van der Waals surface area contributed by atoms with Gasteiger partial charge in [0.2, 0.25) is 5.91 Å². The standard InChI is InChI=1S/C24H21ClF3N3O2/c25-19-7-4-8-21(15-19)30-23(33)31(16-17-5-2-1-3-6-17)14-13-22(32)29-20-11-9-18(10-12-20)24(26,27)28/h1-12,15H,13-14,16H2,(H,29,32)(H,30,33). The molecule has 0 fully saturated rings. The molecular formula is C24H21ClF3N3O2. The molecule has 0 aromatic heterocycles. The smallest absolute Gasteiger partial charge is 0.326 e. The maximum absolute atomic E-state index is 12.9. The Morgan fingerprint density at radius 1 is 0.848 bits per heavy atom. The molecule has 0 spiro atoms. The van der Waals surface area contributed by atoms with Crippen molar-refractivity contribution in [2.24, 2.45) is 0 Å². The van der Waals surface area contributed by atoms with E-state index in [-0.39, 0.29) is 25.2 Å². The molecule has 0 saturated heterocycles. The van der Waals surface area contributed by atoms with Gasteiger partial charge in [0, 0.05) is 35.9 Å². The van der Waals surface area contributed by atoms with Crippen LogP contribution in [0.25, 0.3) is 0 Å². The van der Waals surface area contributed by atoms with Crippen LogP contribution in [0.1, 0.15) is 17.5 Å². The quantitative estimate of drug-likeness (QED) is 0.414. The summed E-state index contributed by atoms with van der Waals surface area (Å²) in [6.45, 7) is 0.356. The minimum Gasteiger partial charge on any atom is -0.326 e. The summed E-state index contributed by atoms with van der Waals surface area (Å²) in [6, 6.07) is 19.7. The van der Waals surface area contributed by atoms with Crippen molar-refractivity contribution in [2.75, 3.05) is 17.2 Å². The summed E-state index contributed by atoms with van der Waals surface area (Å²) in [6.07, 6.45) is -4.49. The lowest BCUT2D eigenvalue weighted by molar-refractivity contribution is -0.137. The molecule has 172 valence electrons. The number of carbonyl (C=O) groups excluding carboxylic acids is 2. The number of nitrogens with zero attached hydrogens (tertiary/aromatic N) is 1. The number of anilines is 2. The lowest BCUT2D eigenvalue weighted by Crippen LogP contribution is -2.36. The van der Waals surface area contributed by atoms with Crippen molar-refractivity contribution in [1.82, 2.24) is 4.90 Å². The number of hydrogen-bond acceptors (Lipinski definition) is 2. The molecule has 0 aliphatic carbocycles. The topological polar surface area (TPSA) is 61.4 Å². The van der Waals surface area contributed by atoms with Crippen LogP contribution in [0.4, 0.5) is 29.3 Å². The predicted octanol–water partition coefficient (Wildman–Crippen LogP) is 6.42. The van der Waals surface area contributed by atoms with E-state index in [1.807, 2.05) is 30.3 Å². The normalized spacial score (nSPS) is 11.0. The first kappa shape index (κ1) is 24.1. The summed E-state index contributed by atoms with van der Waals surface area (Å²) in [5, 5.41) is 5.79. The van der Waals surface area contributed by atoms with E-state index < -0.39 is 23.7 Å². The molecule has 3 aromatic rings. The third-order valence-electron chi connectivity index (χ3n) is 4.68. The first-order valence-corrected chi connectivity index (χ1v) is 10.4. The van der Waals surface area contributed by atoms with Crippen molar-refractivity contribution in [3.8, 4) is 0 Å². The van der Waals surface area contributed by atoms with Crippen LogP contribution < -0.4 is 10.6 Å². The van der Waals surface area contributed by atoms with E-state index in [4.69, 9.17) is 11.6 Å². The molecule has 0 aliphatic rings. The number of halogens is 4. The maximum Gasteiger partial charge on any atom is 0.416 e. The Labute approximate surface area is 194 Å². The molecule has 9 heteroatoms. The Kier molecular flexibility index (Phi) is 7.95. The van der Waals surface area contributed by atoms with Gasteiger partial charge in [0.25, 0.3) is 0 Å². The van der Waals surface area contributed by atoms with E-state index in [1.54, 1.807) is 24.3 Å². The van der Waals surface area contributed by atoms with Gasteiger partial charge in [0.15, 0.2) is 0 Å². The third-order valence-corrected chi connectivity index (χ3v) is 4.92. The van der Waals surface area contributed by atoms with Crippen molar-refractivity contribution in [3.05, 3.63) is 95.0 Å². The Balaban J connectivity index is 1.63. The second-order valence-electron chi connectivity index (χ2n) is 7.22. The lowest BCUT2D eigenvalue weighted by Gasteiger charge is -2.23. The maximum atomic E-state index is 12.9. The van der Waals surface area contributed by atoms with E-state index in [2.05, 4.69) is 10.6 Å². The Morgan fingerprint density at radius 2 is 1.55 bits per heavy atom. The highest BCUT2D eigenvalue weighted by Crippen LogP contribution is 2.29. The van der Waals surface area contributed by atoms with Gasteiger partial charge in [0.05, 0.1) is 5.56 Å². The van der Waals surface area contributed by atoms with Gasteiger partial charge in [0.1, 0.15) is 0 Å². The van der Waals surface area contributed by atoms with Crippen molar-refractivity contribution >= 4 is 34.9 Å². The van der Waals surface area contributed by atoms with Crippen LogP contribution in [-0.2, 0) is 17.5 Å². The van der Waals surface area contributed by atoms with Gasteiger partial charge in [-0.25, -0.2) is 4.79 Å². The fourth-order valence-electron chi connectivity index (χ4n) is 3.03. The van der Waals surface area contributed by atoms with Crippen LogP contribution in [0.15, 0.2) is 78.9 Å². The predicted molar refractivity (Wildman–Crippen MR) is 122 cm³/mol. The Bertz CT molecular complexity index is 1090. The second kappa shape index (κ2) is 10.9. The van der Waals surface area contributed by atoms with Gasteiger partial charge >= 0.3 is 12.2 Å². The van der Waals surface area contributed by atoms with Gasteiger partial charge in [-0.2, -0.15) is 13.2 Å². The third kappa shape index (κ3) is 7.54. The number of benzene rings is 3. The van der Waals surface area contributed by atoms with Crippen molar-refractivity contribution in [2.45, 2.75) is 19.1 Å². The Morgan fingerprint density at radius 3 is 2.18 bits per heavy atom. The molecule has 3 amide bonds. The molecule has 0 aliphatic heterocycles. The monoisotopic (exact) mass is 475 g/mol. The van der Waals surface area contributed by atoms with Gasteiger partial charge in [-0.3, -0.25) is 4.79 Å². The van der Waals surface area contributed by atoms with Crippen LogP contribution in [0.5, 0.6) is 0 Å². The number of rotatable bonds is 7. The Hall–Kier alpha value is -3.52. The van der Waals surface area contributed by atoms with Crippen molar-refractivity contribution in [3.63, 3.8) is 0 Å². The van der Waals surface area contributed by atoms with E-state index in [9.17, 15) is 22.8 Å². The first-order chi connectivity index (χ1) is 15.7. The highest BCUT2D eigenvalue weighted by atomic mass is 35.5. The van der Waals surface area contributed by atoms with Crippen LogP contribution in [0.2, 0.25) is 5.02 Å². The summed E-state index contributed by atoms with van der Waals surface area (Å²) in [7, 11) is 0. The van der Waals surface area contributed by atoms with E-state index in [0.717, 1.165) is 17.7 Å². The fourth-order valence-corrected chi connectivity index (χ4v) is 3.22. The molecule has 0 bridgehead atoms. The van der Waals surface area contributed by atoms with Crippen LogP contribution >= 0.6 is 11.6 Å². The first-order valence-electron chi connectivity index (χ1n) is 10.0. The van der Waals surface area contributed by atoms with Crippen LogP contribution in [0.3, 0.4) is 0 Å². The average molecular weight is 476 g/mol. The number of nitrogens with one attached hydrogen (secondary N) is 2. The number of amides is 3. The van der Waals surface area contributed by atoms with Gasteiger partial charge < -0.3 is 15.5 Å². The molecule has 3 rings (SSSR count). The van der Waals surface area contributed by atoms with E-state index in [0.29, 0.717) is 10.7 Å². The number of alkyl halides is 3. The summed E-state index contributed by atoms with van der Waals surface area (Å²) < 4.78 is 38.1. The van der Waals surface area contributed by atoms with Crippen molar-refractivity contribution in [1.29, 1.82) is 0 Å². The minimum absolute atomic E-state index is 0.0448. The van der Waals surface area contributed by atoms with Gasteiger partial charge in [-0.05, 0) is 48.0 Å². The molecule has 0 atom stereocenters. The lowest BCUT2D eigenvalue weighted by atomic mass is 10.2. The van der Waals surface area contributed by atoms with Crippen molar-refractivity contribution < 1.29 is 22.8 Å². The molecule has 0 saturated carbocycles. The summed E-state index contributed by atoms with van der Waals surface area (Å²) in [5.41, 5.74) is 0.833. The molecule has 0 radical (unpaired) electrons.